The van der Waals surface area contributed by atoms with Crippen molar-refractivity contribution >= 4 is 10.9 Å². The van der Waals surface area contributed by atoms with Crippen LogP contribution in [0.1, 0.15) is 5.56 Å². The molecule has 0 aliphatic heterocycles. The quantitative estimate of drug-likeness (QED) is 0.585. The van der Waals surface area contributed by atoms with Gasteiger partial charge in [0.2, 0.25) is 0 Å². The van der Waals surface area contributed by atoms with E-state index in [-0.39, 0.29) is 0 Å². The zero-order valence-electron chi connectivity index (χ0n) is 6.18. The van der Waals surface area contributed by atoms with Gasteiger partial charge < -0.3 is 10.1 Å². The number of nitrogens with one attached hydrogen (secondary N) is 1. The summed E-state index contributed by atoms with van der Waals surface area (Å²) in [6.07, 6.45) is 2.97. The minimum absolute atomic E-state index is 0.300. The number of aromatic nitrogens is 1. The Balaban J connectivity index is 2.87. The second-order valence-corrected chi connectivity index (χ2v) is 2.60. The van der Waals surface area contributed by atoms with Gasteiger partial charge in [0.25, 0.3) is 0 Å². The first-order chi connectivity index (χ1) is 5.27. The third kappa shape index (κ3) is 0.871. The number of benzene rings is 1. The van der Waals surface area contributed by atoms with Crippen LogP contribution in [0.5, 0.6) is 5.75 Å². The molecule has 0 bridgehead atoms. The molecule has 1 radical (unpaired) electrons. The monoisotopic (exact) mass is 146 g/mol. The number of phenols is 1. The smallest absolute Gasteiger partial charge is 0.116 e. The lowest BCUT2D eigenvalue weighted by Crippen LogP contribution is -1.68. The molecule has 0 unspecified atom stereocenters. The number of rotatable bonds is 0. The molecule has 2 nitrogen and oxygen atoms in total. The molecule has 0 saturated carbocycles. The molecule has 2 rings (SSSR count). The molecule has 2 aromatic rings. The number of aryl methyl sites for hydroxylation is 1. The van der Waals surface area contributed by atoms with Crippen LogP contribution in [0.15, 0.2) is 18.2 Å². The van der Waals surface area contributed by atoms with E-state index >= 15 is 0 Å². The Kier molecular flexibility index (Phi) is 1.15. The molecule has 0 saturated heterocycles. The highest BCUT2D eigenvalue weighted by atomic mass is 16.3. The first kappa shape index (κ1) is 6.28. The Morgan fingerprint density at radius 2 is 2.27 bits per heavy atom. The third-order valence-electron chi connectivity index (χ3n) is 1.79. The van der Waals surface area contributed by atoms with Crippen molar-refractivity contribution in [1.82, 2.24) is 4.98 Å². The van der Waals surface area contributed by atoms with E-state index in [9.17, 15) is 0 Å². The average Bonchev–Trinajstić information content (AvgIpc) is 2.33. The molecule has 1 aromatic heterocycles. The van der Waals surface area contributed by atoms with Crippen LogP contribution in [-0.2, 0) is 0 Å². The summed E-state index contributed by atoms with van der Waals surface area (Å²) in [4.78, 5) is 2.98. The normalized spacial score (nSPS) is 10.6. The van der Waals surface area contributed by atoms with Crippen molar-refractivity contribution in [2.75, 3.05) is 0 Å². The molecule has 1 aromatic carbocycles. The number of fused-ring (bicyclic) bond motifs is 1. The maximum Gasteiger partial charge on any atom is 0.116 e. The van der Waals surface area contributed by atoms with Gasteiger partial charge in [0, 0.05) is 10.9 Å². The molecular weight excluding hydrogens is 138 g/mol. The summed E-state index contributed by atoms with van der Waals surface area (Å²) >= 11 is 0. The van der Waals surface area contributed by atoms with Gasteiger partial charge in [-0.05, 0) is 30.7 Å². The maximum atomic E-state index is 9.15. The molecule has 0 aliphatic rings. The fourth-order valence-corrected chi connectivity index (χ4v) is 1.18. The molecule has 1 heterocycles. The van der Waals surface area contributed by atoms with E-state index in [0.717, 1.165) is 16.5 Å². The molecule has 0 amide bonds. The summed E-state index contributed by atoms with van der Waals surface area (Å²) in [5, 5.41) is 10.2. The van der Waals surface area contributed by atoms with Crippen molar-refractivity contribution in [3.05, 3.63) is 30.0 Å². The lowest BCUT2D eigenvalue weighted by molar-refractivity contribution is 0.476. The second-order valence-electron chi connectivity index (χ2n) is 2.60. The van der Waals surface area contributed by atoms with E-state index in [0.29, 0.717) is 5.75 Å². The minimum Gasteiger partial charge on any atom is -0.508 e. The van der Waals surface area contributed by atoms with Crippen molar-refractivity contribution in [2.24, 2.45) is 0 Å². The van der Waals surface area contributed by atoms with Gasteiger partial charge in [0.1, 0.15) is 5.75 Å². The number of aromatic hydroxyl groups is 1. The minimum atomic E-state index is 0.300. The fourth-order valence-electron chi connectivity index (χ4n) is 1.18. The van der Waals surface area contributed by atoms with Gasteiger partial charge in [-0.15, -0.1) is 0 Å². The molecule has 0 fully saturated rings. The van der Waals surface area contributed by atoms with Crippen molar-refractivity contribution < 1.29 is 5.11 Å². The van der Waals surface area contributed by atoms with Crippen molar-refractivity contribution in [1.29, 1.82) is 0 Å². The molecule has 11 heavy (non-hydrogen) atoms. The zero-order chi connectivity index (χ0) is 7.84. The summed E-state index contributed by atoms with van der Waals surface area (Å²) in [6.45, 7) is 1.96. The number of hydrogen-bond acceptors (Lipinski definition) is 1. The molecule has 2 heteroatoms. The predicted molar refractivity (Wildman–Crippen MR) is 43.5 cm³/mol. The van der Waals surface area contributed by atoms with Gasteiger partial charge in [0.15, 0.2) is 0 Å². The van der Waals surface area contributed by atoms with Crippen LogP contribution in [0.4, 0.5) is 0 Å². The lowest BCUT2D eigenvalue weighted by Gasteiger charge is -1.92. The summed E-state index contributed by atoms with van der Waals surface area (Å²) in [6, 6.07) is 5.23. The summed E-state index contributed by atoms with van der Waals surface area (Å²) in [5.74, 6) is 0.300. The van der Waals surface area contributed by atoms with E-state index in [1.165, 1.54) is 0 Å². The molecular formula is C9H8NO. The van der Waals surface area contributed by atoms with Crippen molar-refractivity contribution in [2.45, 2.75) is 6.92 Å². The van der Waals surface area contributed by atoms with Crippen LogP contribution in [0.3, 0.4) is 0 Å². The van der Waals surface area contributed by atoms with Crippen LogP contribution >= 0.6 is 0 Å². The molecule has 0 spiro atoms. The molecule has 2 N–H and O–H groups in total. The van der Waals surface area contributed by atoms with Gasteiger partial charge in [-0.2, -0.15) is 0 Å². The third-order valence-corrected chi connectivity index (χ3v) is 1.79. The SMILES string of the molecule is Cc1[c][nH]c2ccc(O)cc12. The lowest BCUT2D eigenvalue weighted by atomic mass is 10.2. The predicted octanol–water partition coefficient (Wildman–Crippen LogP) is 1.98. The molecule has 0 aliphatic carbocycles. The Bertz CT molecular complexity index is 389. The number of H-pyrrole nitrogens is 1. The van der Waals surface area contributed by atoms with Crippen LogP contribution in [0.25, 0.3) is 10.9 Å². The zero-order valence-corrected chi connectivity index (χ0v) is 6.18. The Morgan fingerprint density at radius 1 is 1.45 bits per heavy atom. The van der Waals surface area contributed by atoms with E-state index in [1.807, 2.05) is 13.0 Å². The van der Waals surface area contributed by atoms with Crippen molar-refractivity contribution in [3.63, 3.8) is 0 Å². The van der Waals surface area contributed by atoms with E-state index < -0.39 is 0 Å². The van der Waals surface area contributed by atoms with Gasteiger partial charge in [-0.3, -0.25) is 0 Å². The van der Waals surface area contributed by atoms with Gasteiger partial charge in [-0.1, -0.05) is 0 Å². The van der Waals surface area contributed by atoms with Gasteiger partial charge in [0.05, 0.1) is 6.20 Å². The van der Waals surface area contributed by atoms with Crippen LogP contribution in [0.2, 0.25) is 0 Å². The van der Waals surface area contributed by atoms with Crippen LogP contribution in [-0.4, -0.2) is 10.1 Å². The van der Waals surface area contributed by atoms with E-state index in [1.54, 1.807) is 12.1 Å². The summed E-state index contributed by atoms with van der Waals surface area (Å²) in [5.41, 5.74) is 2.05. The number of phenolic OH excluding ortho intramolecular Hbond substituents is 1. The van der Waals surface area contributed by atoms with E-state index in [4.69, 9.17) is 5.11 Å². The standard InChI is InChI=1S/C9H8NO/c1-6-5-10-9-3-2-7(11)4-8(6)9/h2-4,10-11H,1H3. The fraction of sp³-hybridized carbons (Fsp3) is 0.111. The highest BCUT2D eigenvalue weighted by molar-refractivity contribution is 5.83. The van der Waals surface area contributed by atoms with Crippen molar-refractivity contribution in [3.8, 4) is 5.75 Å². The van der Waals surface area contributed by atoms with Crippen LogP contribution < -0.4 is 0 Å². The first-order valence-electron chi connectivity index (χ1n) is 3.46. The Morgan fingerprint density at radius 3 is 3.09 bits per heavy atom. The number of aromatic amines is 1. The molecule has 0 atom stereocenters. The van der Waals surface area contributed by atoms with Crippen LogP contribution in [0, 0.1) is 13.1 Å². The largest absolute Gasteiger partial charge is 0.508 e. The highest BCUT2D eigenvalue weighted by Gasteiger charge is 1.99. The summed E-state index contributed by atoms with van der Waals surface area (Å²) in [7, 11) is 0. The Labute approximate surface area is 64.5 Å². The number of hydrogen-bond donors (Lipinski definition) is 2. The second kappa shape index (κ2) is 2.02. The summed E-state index contributed by atoms with van der Waals surface area (Å²) < 4.78 is 0. The highest BCUT2D eigenvalue weighted by Crippen LogP contribution is 2.21. The van der Waals surface area contributed by atoms with E-state index in [2.05, 4.69) is 11.2 Å². The maximum absolute atomic E-state index is 9.15. The Hall–Kier alpha value is -1.44. The topological polar surface area (TPSA) is 36.0 Å². The van der Waals surface area contributed by atoms with Gasteiger partial charge >= 0.3 is 0 Å². The first-order valence-corrected chi connectivity index (χ1v) is 3.46. The van der Waals surface area contributed by atoms with Gasteiger partial charge in [-0.25, -0.2) is 0 Å². The average molecular weight is 146 g/mol. The molecule has 55 valence electrons.